The third-order valence-electron chi connectivity index (χ3n) is 4.86. The summed E-state index contributed by atoms with van der Waals surface area (Å²) in [5.74, 6) is -0.0562. The SMILES string of the molecule is COc1cc(C)c(C[C@@H](NC(=O)C2CCCCC2)C(=O)O)c(OC)c1. The summed E-state index contributed by atoms with van der Waals surface area (Å²) in [6.07, 6.45) is 5.05. The zero-order valence-corrected chi connectivity index (χ0v) is 15.1. The number of carboxylic acids is 1. The largest absolute Gasteiger partial charge is 0.497 e. The molecule has 1 fully saturated rings. The molecule has 6 heteroatoms. The average molecular weight is 349 g/mol. The van der Waals surface area contributed by atoms with Crippen LogP contribution in [0.25, 0.3) is 0 Å². The predicted octanol–water partition coefficient (Wildman–Crippen LogP) is 2.70. The number of hydrogen-bond donors (Lipinski definition) is 2. The fourth-order valence-corrected chi connectivity index (χ4v) is 3.37. The molecule has 0 radical (unpaired) electrons. The summed E-state index contributed by atoms with van der Waals surface area (Å²) in [6, 6.07) is 2.58. The standard InChI is InChI=1S/C19H27NO5/c1-12-9-14(24-2)10-17(25-3)15(12)11-16(19(22)23)20-18(21)13-7-5-4-6-8-13/h9-10,13,16H,4-8,11H2,1-3H3,(H,20,21)(H,22,23)/t16-/m1/s1. The van der Waals surface area contributed by atoms with E-state index in [2.05, 4.69) is 5.32 Å². The fraction of sp³-hybridized carbons (Fsp3) is 0.579. The number of rotatable bonds is 7. The van der Waals surface area contributed by atoms with Gasteiger partial charge in [0.2, 0.25) is 5.91 Å². The van der Waals surface area contributed by atoms with Crippen LogP contribution in [0, 0.1) is 12.8 Å². The van der Waals surface area contributed by atoms with E-state index in [1.807, 2.05) is 13.0 Å². The molecule has 2 N–H and O–H groups in total. The Morgan fingerprint density at radius 1 is 1.20 bits per heavy atom. The monoisotopic (exact) mass is 349 g/mol. The van der Waals surface area contributed by atoms with Crippen LogP contribution in [-0.4, -0.2) is 37.2 Å². The first-order valence-corrected chi connectivity index (χ1v) is 8.71. The Hall–Kier alpha value is -2.24. The quantitative estimate of drug-likeness (QED) is 0.790. The van der Waals surface area contributed by atoms with E-state index < -0.39 is 12.0 Å². The van der Waals surface area contributed by atoms with Crippen LogP contribution in [0.1, 0.15) is 43.2 Å². The predicted molar refractivity (Wildman–Crippen MR) is 94.1 cm³/mol. The molecule has 0 bridgehead atoms. The molecule has 138 valence electrons. The van der Waals surface area contributed by atoms with Gasteiger partial charge in [-0.05, 0) is 37.0 Å². The van der Waals surface area contributed by atoms with Gasteiger partial charge in [0, 0.05) is 18.4 Å². The number of carbonyl (C=O) groups is 2. The number of carbonyl (C=O) groups excluding carboxylic acids is 1. The summed E-state index contributed by atoms with van der Waals surface area (Å²) in [5, 5.41) is 12.3. The highest BCUT2D eigenvalue weighted by molar-refractivity contribution is 5.85. The first kappa shape index (κ1) is 19.1. The Balaban J connectivity index is 2.16. The Morgan fingerprint density at radius 2 is 1.88 bits per heavy atom. The van der Waals surface area contributed by atoms with Crippen molar-refractivity contribution in [2.24, 2.45) is 5.92 Å². The van der Waals surface area contributed by atoms with E-state index >= 15 is 0 Å². The first-order chi connectivity index (χ1) is 12.0. The van der Waals surface area contributed by atoms with Gasteiger partial charge in [0.15, 0.2) is 0 Å². The van der Waals surface area contributed by atoms with Crippen molar-refractivity contribution in [3.63, 3.8) is 0 Å². The Morgan fingerprint density at radius 3 is 2.44 bits per heavy atom. The number of nitrogens with one attached hydrogen (secondary N) is 1. The highest BCUT2D eigenvalue weighted by atomic mass is 16.5. The Kier molecular flexibility index (Phi) is 6.67. The van der Waals surface area contributed by atoms with E-state index in [1.54, 1.807) is 13.2 Å². The van der Waals surface area contributed by atoms with E-state index in [1.165, 1.54) is 7.11 Å². The number of benzene rings is 1. The number of methoxy groups -OCH3 is 2. The van der Waals surface area contributed by atoms with E-state index in [4.69, 9.17) is 9.47 Å². The summed E-state index contributed by atoms with van der Waals surface area (Å²) in [5.41, 5.74) is 1.63. The average Bonchev–Trinajstić information content (AvgIpc) is 2.62. The van der Waals surface area contributed by atoms with Crippen LogP contribution in [0.15, 0.2) is 12.1 Å². The van der Waals surface area contributed by atoms with Gasteiger partial charge in [-0.15, -0.1) is 0 Å². The lowest BCUT2D eigenvalue weighted by Gasteiger charge is -2.24. The molecule has 0 unspecified atom stereocenters. The van der Waals surface area contributed by atoms with Crippen molar-refractivity contribution in [3.8, 4) is 11.5 Å². The number of hydrogen-bond acceptors (Lipinski definition) is 4. The van der Waals surface area contributed by atoms with Crippen LogP contribution in [-0.2, 0) is 16.0 Å². The van der Waals surface area contributed by atoms with E-state index in [9.17, 15) is 14.7 Å². The fourth-order valence-electron chi connectivity index (χ4n) is 3.37. The van der Waals surface area contributed by atoms with Gasteiger partial charge in [0.25, 0.3) is 0 Å². The van der Waals surface area contributed by atoms with Crippen molar-refractivity contribution in [3.05, 3.63) is 23.3 Å². The molecule has 0 aromatic heterocycles. The molecule has 25 heavy (non-hydrogen) atoms. The molecule has 0 aliphatic heterocycles. The van der Waals surface area contributed by atoms with Crippen LogP contribution in [0.3, 0.4) is 0 Å². The van der Waals surface area contributed by atoms with Gasteiger partial charge >= 0.3 is 5.97 Å². The van der Waals surface area contributed by atoms with Crippen molar-refractivity contribution >= 4 is 11.9 Å². The van der Waals surface area contributed by atoms with Crippen molar-refractivity contribution in [2.45, 2.75) is 51.5 Å². The number of aliphatic carboxylic acids is 1. The lowest BCUT2D eigenvalue weighted by Crippen LogP contribution is -2.45. The van der Waals surface area contributed by atoms with Gasteiger partial charge in [0.05, 0.1) is 14.2 Å². The van der Waals surface area contributed by atoms with Gasteiger partial charge in [-0.25, -0.2) is 4.79 Å². The highest BCUT2D eigenvalue weighted by Gasteiger charge is 2.28. The smallest absolute Gasteiger partial charge is 0.326 e. The minimum atomic E-state index is -1.04. The molecule has 1 aliphatic carbocycles. The van der Waals surface area contributed by atoms with E-state index in [0.29, 0.717) is 11.5 Å². The highest BCUT2D eigenvalue weighted by Crippen LogP contribution is 2.30. The molecule has 0 spiro atoms. The van der Waals surface area contributed by atoms with Gasteiger partial charge < -0.3 is 19.9 Å². The summed E-state index contributed by atoms with van der Waals surface area (Å²) in [6.45, 7) is 1.88. The van der Waals surface area contributed by atoms with Gasteiger partial charge in [0.1, 0.15) is 17.5 Å². The third-order valence-corrected chi connectivity index (χ3v) is 4.86. The molecular weight excluding hydrogens is 322 g/mol. The second-order valence-corrected chi connectivity index (χ2v) is 6.56. The number of ether oxygens (including phenoxy) is 2. The van der Waals surface area contributed by atoms with Crippen LogP contribution in [0.5, 0.6) is 11.5 Å². The van der Waals surface area contributed by atoms with Gasteiger partial charge in [-0.1, -0.05) is 19.3 Å². The van der Waals surface area contributed by atoms with Crippen LogP contribution < -0.4 is 14.8 Å². The molecule has 1 aromatic rings. The topological polar surface area (TPSA) is 84.9 Å². The number of aryl methyl sites for hydroxylation is 1. The minimum absolute atomic E-state index is 0.0746. The van der Waals surface area contributed by atoms with Crippen LogP contribution in [0.4, 0.5) is 0 Å². The van der Waals surface area contributed by atoms with Crippen molar-refractivity contribution in [1.29, 1.82) is 0 Å². The lowest BCUT2D eigenvalue weighted by atomic mass is 9.88. The molecule has 1 aromatic carbocycles. The lowest BCUT2D eigenvalue weighted by molar-refractivity contribution is -0.142. The Labute approximate surface area is 148 Å². The maximum atomic E-state index is 12.4. The molecule has 0 heterocycles. The summed E-state index contributed by atoms with van der Waals surface area (Å²) < 4.78 is 10.6. The molecule has 1 atom stereocenters. The van der Waals surface area contributed by atoms with E-state index in [0.717, 1.165) is 43.2 Å². The first-order valence-electron chi connectivity index (χ1n) is 8.71. The molecule has 0 saturated heterocycles. The van der Waals surface area contributed by atoms with Crippen LogP contribution in [0.2, 0.25) is 0 Å². The second-order valence-electron chi connectivity index (χ2n) is 6.56. The third kappa shape index (κ3) is 4.87. The van der Waals surface area contributed by atoms with Crippen molar-refractivity contribution in [2.75, 3.05) is 14.2 Å². The minimum Gasteiger partial charge on any atom is -0.497 e. The van der Waals surface area contributed by atoms with Gasteiger partial charge in [-0.3, -0.25) is 4.79 Å². The maximum Gasteiger partial charge on any atom is 0.326 e. The van der Waals surface area contributed by atoms with Crippen LogP contribution >= 0.6 is 0 Å². The number of carboxylic acid groups (broad SMARTS) is 1. The molecule has 1 amide bonds. The molecule has 2 rings (SSSR count). The Bertz CT molecular complexity index is 622. The summed E-state index contributed by atoms with van der Waals surface area (Å²) in [4.78, 5) is 24.1. The summed E-state index contributed by atoms with van der Waals surface area (Å²) >= 11 is 0. The maximum absolute atomic E-state index is 12.4. The summed E-state index contributed by atoms with van der Waals surface area (Å²) in [7, 11) is 3.10. The normalized spacial score (nSPS) is 16.1. The van der Waals surface area contributed by atoms with Crippen molar-refractivity contribution in [1.82, 2.24) is 5.32 Å². The van der Waals surface area contributed by atoms with Gasteiger partial charge in [-0.2, -0.15) is 0 Å². The zero-order valence-electron chi connectivity index (χ0n) is 15.1. The number of amides is 1. The van der Waals surface area contributed by atoms with E-state index in [-0.39, 0.29) is 18.2 Å². The molecule has 1 saturated carbocycles. The molecule has 1 aliphatic rings. The molecular formula is C19H27NO5. The van der Waals surface area contributed by atoms with Crippen molar-refractivity contribution < 1.29 is 24.2 Å². The molecule has 6 nitrogen and oxygen atoms in total. The zero-order chi connectivity index (χ0) is 18.4. The second kappa shape index (κ2) is 8.74.